The molecule has 0 radical (unpaired) electrons. The van der Waals surface area contributed by atoms with Gasteiger partial charge in [0.15, 0.2) is 0 Å². The number of nitrogens with zero attached hydrogens (tertiary/aromatic N) is 2. The van der Waals surface area contributed by atoms with Gasteiger partial charge in [0.25, 0.3) is 5.91 Å². The molecule has 0 bridgehead atoms. The van der Waals surface area contributed by atoms with Crippen LogP contribution in [0.5, 0.6) is 0 Å². The highest BCUT2D eigenvalue weighted by Crippen LogP contribution is 2.44. The van der Waals surface area contributed by atoms with Crippen LogP contribution in [0.25, 0.3) is 0 Å². The summed E-state index contributed by atoms with van der Waals surface area (Å²) in [5.74, 6) is 0.733. The van der Waals surface area contributed by atoms with Crippen molar-refractivity contribution >= 4 is 21.8 Å². The largest absolute Gasteiger partial charge is 0.384 e. The molecule has 0 N–H and O–H groups in total. The van der Waals surface area contributed by atoms with Crippen LogP contribution in [0.3, 0.4) is 0 Å². The lowest BCUT2D eigenvalue weighted by Gasteiger charge is -2.42. The van der Waals surface area contributed by atoms with Gasteiger partial charge in [-0.25, -0.2) is 0 Å². The Kier molecular flexibility index (Phi) is 5.09. The van der Waals surface area contributed by atoms with Crippen molar-refractivity contribution in [3.63, 3.8) is 0 Å². The number of piperidine rings is 1. The van der Waals surface area contributed by atoms with Crippen LogP contribution in [-0.2, 0) is 4.74 Å². The van der Waals surface area contributed by atoms with Crippen LogP contribution in [-0.4, -0.2) is 62.7 Å². The second-order valence-electron chi connectivity index (χ2n) is 7.01. The molecule has 0 aliphatic carbocycles. The molecule has 4 nitrogen and oxygen atoms in total. The van der Waals surface area contributed by atoms with Gasteiger partial charge in [-0.05, 0) is 43.5 Å². The summed E-state index contributed by atoms with van der Waals surface area (Å²) in [5.41, 5.74) is 1.09. The Hall–Kier alpha value is -0.910. The molecule has 1 atom stereocenters. The predicted molar refractivity (Wildman–Crippen MR) is 94.6 cm³/mol. The molecule has 2 fully saturated rings. The van der Waals surface area contributed by atoms with Gasteiger partial charge in [-0.3, -0.25) is 4.79 Å². The van der Waals surface area contributed by atoms with E-state index in [2.05, 4.69) is 27.9 Å². The number of likely N-dealkylation sites (tertiary alicyclic amines) is 2. The van der Waals surface area contributed by atoms with Gasteiger partial charge in [0.1, 0.15) is 0 Å². The van der Waals surface area contributed by atoms with E-state index in [1.807, 2.05) is 29.2 Å². The smallest absolute Gasteiger partial charge is 0.253 e. The summed E-state index contributed by atoms with van der Waals surface area (Å²) in [6.45, 7) is 4.75. The lowest BCUT2D eigenvalue weighted by atomic mass is 9.71. The van der Waals surface area contributed by atoms with Crippen molar-refractivity contribution in [2.75, 3.05) is 46.9 Å². The van der Waals surface area contributed by atoms with E-state index in [-0.39, 0.29) is 5.91 Å². The number of methoxy groups -OCH3 is 1. The van der Waals surface area contributed by atoms with Crippen LogP contribution < -0.4 is 0 Å². The Morgan fingerprint density at radius 1 is 1.39 bits per heavy atom. The minimum absolute atomic E-state index is 0.149. The van der Waals surface area contributed by atoms with Crippen molar-refractivity contribution in [1.82, 2.24) is 9.80 Å². The van der Waals surface area contributed by atoms with E-state index in [1.165, 1.54) is 0 Å². The van der Waals surface area contributed by atoms with Gasteiger partial charge in [-0.1, -0.05) is 22.0 Å². The molecule has 2 aliphatic heterocycles. The molecule has 23 heavy (non-hydrogen) atoms. The number of carbonyl (C=O) groups is 1. The van der Waals surface area contributed by atoms with E-state index in [4.69, 9.17) is 4.74 Å². The molecular formula is C18H25BrN2O2. The van der Waals surface area contributed by atoms with Crippen LogP contribution >= 0.6 is 15.9 Å². The van der Waals surface area contributed by atoms with Crippen LogP contribution in [0.1, 0.15) is 23.2 Å². The molecule has 1 aromatic rings. The number of carbonyl (C=O) groups excluding carboxylic acids is 1. The van der Waals surface area contributed by atoms with Crippen molar-refractivity contribution < 1.29 is 9.53 Å². The zero-order chi connectivity index (χ0) is 16.4. The van der Waals surface area contributed by atoms with E-state index in [0.29, 0.717) is 11.3 Å². The Bertz CT molecular complexity index is 570. The van der Waals surface area contributed by atoms with Crippen LogP contribution in [0.4, 0.5) is 0 Å². The molecule has 1 unspecified atom stereocenters. The van der Waals surface area contributed by atoms with Crippen LogP contribution in [0.2, 0.25) is 0 Å². The van der Waals surface area contributed by atoms with Gasteiger partial charge in [0, 0.05) is 49.2 Å². The van der Waals surface area contributed by atoms with Gasteiger partial charge in [0.2, 0.25) is 0 Å². The fraction of sp³-hybridized carbons (Fsp3) is 0.611. The summed E-state index contributed by atoms with van der Waals surface area (Å²) in [4.78, 5) is 17.1. The van der Waals surface area contributed by atoms with Gasteiger partial charge in [-0.15, -0.1) is 0 Å². The van der Waals surface area contributed by atoms with E-state index < -0.39 is 0 Å². The first-order valence-corrected chi connectivity index (χ1v) is 9.06. The summed E-state index contributed by atoms with van der Waals surface area (Å²) < 4.78 is 6.40. The first-order valence-electron chi connectivity index (χ1n) is 8.26. The zero-order valence-corrected chi connectivity index (χ0v) is 15.5. The number of amides is 1. The average Bonchev–Trinajstić information content (AvgIpc) is 2.83. The van der Waals surface area contributed by atoms with Crippen molar-refractivity contribution in [2.24, 2.45) is 11.3 Å². The SMILES string of the molecule is COCC1CN(C)CC12CCN(C(=O)c1cccc(Br)c1)CC2. The Morgan fingerprint density at radius 2 is 2.13 bits per heavy atom. The molecule has 2 saturated heterocycles. The van der Waals surface area contributed by atoms with Gasteiger partial charge >= 0.3 is 0 Å². The highest BCUT2D eigenvalue weighted by Gasteiger charge is 2.47. The minimum atomic E-state index is 0.149. The summed E-state index contributed by atoms with van der Waals surface area (Å²) in [5, 5.41) is 0. The summed E-state index contributed by atoms with van der Waals surface area (Å²) in [7, 11) is 3.98. The molecule has 0 aromatic heterocycles. The first kappa shape index (κ1) is 16.9. The Morgan fingerprint density at radius 3 is 2.78 bits per heavy atom. The normalized spacial score (nSPS) is 24.3. The maximum Gasteiger partial charge on any atom is 0.253 e. The first-order chi connectivity index (χ1) is 11.0. The molecule has 2 heterocycles. The molecule has 126 valence electrons. The summed E-state index contributed by atoms with van der Waals surface area (Å²) >= 11 is 3.44. The van der Waals surface area contributed by atoms with Gasteiger partial charge < -0.3 is 14.5 Å². The third kappa shape index (κ3) is 3.47. The van der Waals surface area contributed by atoms with E-state index in [0.717, 1.165) is 55.7 Å². The van der Waals surface area contributed by atoms with E-state index in [1.54, 1.807) is 7.11 Å². The lowest BCUT2D eigenvalue weighted by Crippen LogP contribution is -2.47. The molecule has 3 rings (SSSR count). The molecule has 2 aliphatic rings. The summed E-state index contributed by atoms with van der Waals surface area (Å²) in [6.07, 6.45) is 2.15. The predicted octanol–water partition coefficient (Wildman–Crippen LogP) is 2.88. The fourth-order valence-electron chi connectivity index (χ4n) is 4.26. The number of hydrogen-bond donors (Lipinski definition) is 0. The van der Waals surface area contributed by atoms with Crippen molar-refractivity contribution in [3.05, 3.63) is 34.3 Å². The standard InChI is InChI=1S/C18H25BrN2O2/c1-20-11-15(12-23-2)18(13-20)6-8-21(9-7-18)17(22)14-4-3-5-16(19)10-14/h3-5,10,15H,6-9,11-13H2,1-2H3. The monoisotopic (exact) mass is 380 g/mol. The topological polar surface area (TPSA) is 32.8 Å². The lowest BCUT2D eigenvalue weighted by molar-refractivity contribution is 0.0325. The molecular weight excluding hydrogens is 356 g/mol. The fourth-order valence-corrected chi connectivity index (χ4v) is 4.66. The molecule has 1 spiro atoms. The van der Waals surface area contributed by atoms with Crippen molar-refractivity contribution in [2.45, 2.75) is 12.8 Å². The number of rotatable bonds is 3. The molecule has 1 amide bonds. The highest BCUT2D eigenvalue weighted by atomic mass is 79.9. The quantitative estimate of drug-likeness (QED) is 0.807. The van der Waals surface area contributed by atoms with Crippen LogP contribution in [0.15, 0.2) is 28.7 Å². The third-order valence-corrected chi connectivity index (χ3v) is 5.96. The van der Waals surface area contributed by atoms with E-state index >= 15 is 0 Å². The van der Waals surface area contributed by atoms with Crippen molar-refractivity contribution in [3.8, 4) is 0 Å². The zero-order valence-electron chi connectivity index (χ0n) is 13.9. The second kappa shape index (κ2) is 6.91. The maximum atomic E-state index is 12.7. The number of benzene rings is 1. The molecule has 0 saturated carbocycles. The van der Waals surface area contributed by atoms with Crippen molar-refractivity contribution in [1.29, 1.82) is 0 Å². The van der Waals surface area contributed by atoms with E-state index in [9.17, 15) is 4.79 Å². The minimum Gasteiger partial charge on any atom is -0.384 e. The number of halogens is 1. The Balaban J connectivity index is 1.67. The maximum absolute atomic E-state index is 12.7. The second-order valence-corrected chi connectivity index (χ2v) is 7.93. The third-order valence-electron chi connectivity index (χ3n) is 5.47. The van der Waals surface area contributed by atoms with Gasteiger partial charge in [0.05, 0.1) is 6.61 Å². The number of hydrogen-bond acceptors (Lipinski definition) is 3. The summed E-state index contributed by atoms with van der Waals surface area (Å²) in [6, 6.07) is 7.67. The highest BCUT2D eigenvalue weighted by molar-refractivity contribution is 9.10. The molecule has 1 aromatic carbocycles. The van der Waals surface area contributed by atoms with Crippen LogP contribution in [0, 0.1) is 11.3 Å². The number of ether oxygens (including phenoxy) is 1. The van der Waals surface area contributed by atoms with Gasteiger partial charge in [-0.2, -0.15) is 0 Å². The Labute approximate surface area is 146 Å². The average molecular weight is 381 g/mol. The molecule has 5 heteroatoms.